The summed E-state index contributed by atoms with van der Waals surface area (Å²) in [5.41, 5.74) is 0.409. The van der Waals surface area contributed by atoms with Gasteiger partial charge in [0.25, 0.3) is 0 Å². The summed E-state index contributed by atoms with van der Waals surface area (Å²) in [5.74, 6) is 0. The van der Waals surface area contributed by atoms with Crippen LogP contribution in [0, 0.1) is 0 Å². The summed E-state index contributed by atoms with van der Waals surface area (Å²) in [7, 11) is 0. The Bertz CT molecular complexity index is 742. The molecule has 0 saturated heterocycles. The molecular weight excluding hydrogens is 276 g/mol. The van der Waals surface area contributed by atoms with Crippen LogP contribution in [-0.2, 0) is 17.9 Å². The van der Waals surface area contributed by atoms with Crippen molar-refractivity contribution in [1.82, 2.24) is 9.55 Å². The van der Waals surface area contributed by atoms with Gasteiger partial charge in [-0.15, -0.1) is 0 Å². The van der Waals surface area contributed by atoms with Gasteiger partial charge >= 0.3 is 0 Å². The van der Waals surface area contributed by atoms with Crippen LogP contribution in [-0.4, -0.2) is 26.4 Å². The molecule has 1 aromatic heterocycles. The molecule has 4 nitrogen and oxygen atoms in total. The maximum absolute atomic E-state index is 10.0. The van der Waals surface area contributed by atoms with Crippen LogP contribution in [0.5, 0.6) is 0 Å². The van der Waals surface area contributed by atoms with Crippen molar-refractivity contribution in [3.05, 3.63) is 52.9 Å². The van der Waals surface area contributed by atoms with Crippen molar-refractivity contribution in [3.8, 4) is 0 Å². The lowest BCUT2D eigenvalue weighted by atomic mass is 10.1. The maximum Gasteiger partial charge on any atom is 0.0959 e. The van der Waals surface area contributed by atoms with E-state index < -0.39 is 5.60 Å². The van der Waals surface area contributed by atoms with Gasteiger partial charge in [-0.1, -0.05) is 36.4 Å². The average Bonchev–Trinajstić information content (AvgIpc) is 2.87. The largest absolute Gasteiger partial charge is 0.389 e. The highest BCUT2D eigenvalue weighted by molar-refractivity contribution is 5.38. The summed E-state index contributed by atoms with van der Waals surface area (Å²) in [6, 6.07) is 10.2. The summed E-state index contributed by atoms with van der Waals surface area (Å²) in [6.45, 7) is 4.72. The number of fused-ring (bicyclic) bond motifs is 1. The Balaban J connectivity index is 1.75. The van der Waals surface area contributed by atoms with Crippen LogP contribution in [0.4, 0.5) is 0 Å². The fourth-order valence-electron chi connectivity index (χ4n) is 2.65. The summed E-state index contributed by atoms with van der Waals surface area (Å²) in [6.07, 6.45) is 6.88. The lowest BCUT2D eigenvalue weighted by molar-refractivity contribution is 0.0600. The van der Waals surface area contributed by atoms with Gasteiger partial charge in [0.05, 0.1) is 41.9 Å². The van der Waals surface area contributed by atoms with E-state index in [1.165, 1.54) is 5.56 Å². The minimum Gasteiger partial charge on any atom is -0.389 e. The number of ether oxygens (including phenoxy) is 1. The molecule has 0 aliphatic heterocycles. The van der Waals surface area contributed by atoms with Crippen molar-refractivity contribution in [2.75, 3.05) is 0 Å². The molecule has 0 bridgehead atoms. The monoisotopic (exact) mass is 298 g/mol. The van der Waals surface area contributed by atoms with Crippen LogP contribution >= 0.6 is 0 Å². The predicted molar refractivity (Wildman–Crippen MR) is 86.3 cm³/mol. The first-order valence-electron chi connectivity index (χ1n) is 7.62. The number of imidazole rings is 1. The van der Waals surface area contributed by atoms with Crippen molar-refractivity contribution in [2.45, 2.75) is 45.1 Å². The molecule has 1 aromatic carbocycles. The number of aromatic nitrogens is 2. The smallest absolute Gasteiger partial charge is 0.0959 e. The molecule has 1 unspecified atom stereocenters. The van der Waals surface area contributed by atoms with E-state index in [1.54, 1.807) is 20.2 Å². The Kier molecular flexibility index (Phi) is 4.14. The van der Waals surface area contributed by atoms with Gasteiger partial charge in [0.15, 0.2) is 0 Å². The van der Waals surface area contributed by atoms with Crippen LogP contribution in [0.3, 0.4) is 0 Å². The Labute approximate surface area is 130 Å². The molecule has 1 heterocycles. The molecule has 0 radical (unpaired) electrons. The molecule has 2 aromatic rings. The van der Waals surface area contributed by atoms with Crippen molar-refractivity contribution in [1.29, 1.82) is 0 Å². The molecule has 1 N–H and O–H groups in total. The zero-order valence-electron chi connectivity index (χ0n) is 13.1. The first-order valence-corrected chi connectivity index (χ1v) is 7.62. The van der Waals surface area contributed by atoms with Gasteiger partial charge in [0.1, 0.15) is 0 Å². The van der Waals surface area contributed by atoms with Crippen LogP contribution < -0.4 is 10.7 Å². The number of hydrogen-bond acceptors (Lipinski definition) is 3. The lowest BCUT2D eigenvalue weighted by Crippen LogP contribution is -2.39. The second-order valence-electron chi connectivity index (χ2n) is 6.40. The zero-order valence-corrected chi connectivity index (χ0v) is 13.1. The van der Waals surface area contributed by atoms with E-state index in [-0.39, 0.29) is 6.10 Å². The fourth-order valence-corrected chi connectivity index (χ4v) is 2.65. The Hall–Kier alpha value is -1.91. The third kappa shape index (κ3) is 3.64. The van der Waals surface area contributed by atoms with Crippen LogP contribution in [0.1, 0.15) is 25.8 Å². The third-order valence-corrected chi connectivity index (χ3v) is 3.66. The fraction of sp³-hybridized carbons (Fsp3) is 0.389. The van der Waals surface area contributed by atoms with E-state index >= 15 is 0 Å². The highest BCUT2D eigenvalue weighted by Gasteiger charge is 2.16. The van der Waals surface area contributed by atoms with Crippen molar-refractivity contribution >= 4 is 12.2 Å². The maximum atomic E-state index is 10.0. The minimum atomic E-state index is -0.764. The molecule has 0 amide bonds. The molecule has 116 valence electrons. The SMILES string of the molecule is CC(C)(O)Cn1cnc2c1=CC(OCc1ccccc1)CC=2. The van der Waals surface area contributed by atoms with Gasteiger partial charge in [-0.2, -0.15) is 0 Å². The Morgan fingerprint density at radius 3 is 2.82 bits per heavy atom. The summed E-state index contributed by atoms with van der Waals surface area (Å²) in [5, 5.41) is 12.0. The Morgan fingerprint density at radius 1 is 1.32 bits per heavy atom. The first-order chi connectivity index (χ1) is 10.5. The molecule has 22 heavy (non-hydrogen) atoms. The van der Waals surface area contributed by atoms with E-state index in [4.69, 9.17) is 4.74 Å². The average molecular weight is 298 g/mol. The van der Waals surface area contributed by atoms with E-state index in [0.29, 0.717) is 13.2 Å². The Morgan fingerprint density at radius 2 is 2.09 bits per heavy atom. The van der Waals surface area contributed by atoms with Gasteiger partial charge in [-0.3, -0.25) is 0 Å². The highest BCUT2D eigenvalue weighted by atomic mass is 16.5. The molecular formula is C18H22N2O2. The zero-order chi connectivity index (χ0) is 15.6. The summed E-state index contributed by atoms with van der Waals surface area (Å²) in [4.78, 5) is 4.40. The number of rotatable bonds is 5. The normalized spacial score (nSPS) is 17.5. The standard InChI is InChI=1S/C18H22N2O2/c1-18(2,21)12-20-13-19-16-9-8-15(10-17(16)20)22-11-14-6-4-3-5-7-14/h3-7,9-10,13,15,21H,8,11-12H2,1-2H3. The molecule has 1 aliphatic carbocycles. The molecule has 3 rings (SSSR count). The molecule has 1 atom stereocenters. The quantitative estimate of drug-likeness (QED) is 0.902. The topological polar surface area (TPSA) is 47.3 Å². The summed E-state index contributed by atoms with van der Waals surface area (Å²) < 4.78 is 7.98. The van der Waals surface area contributed by atoms with Crippen LogP contribution in [0.15, 0.2) is 36.7 Å². The number of nitrogens with zero attached hydrogens (tertiary/aromatic N) is 2. The summed E-state index contributed by atoms with van der Waals surface area (Å²) >= 11 is 0. The second kappa shape index (κ2) is 6.07. The molecule has 0 saturated carbocycles. The third-order valence-electron chi connectivity index (χ3n) is 3.66. The van der Waals surface area contributed by atoms with Crippen LogP contribution in [0.2, 0.25) is 0 Å². The molecule has 4 heteroatoms. The van der Waals surface area contributed by atoms with E-state index in [0.717, 1.165) is 17.1 Å². The van der Waals surface area contributed by atoms with E-state index in [1.807, 2.05) is 22.8 Å². The lowest BCUT2D eigenvalue weighted by Gasteiger charge is -2.19. The minimum absolute atomic E-state index is 0.0463. The predicted octanol–water partition coefficient (Wildman–Crippen LogP) is 1.20. The second-order valence-corrected chi connectivity index (χ2v) is 6.40. The van der Waals surface area contributed by atoms with Gasteiger partial charge in [0, 0.05) is 0 Å². The van der Waals surface area contributed by atoms with Crippen LogP contribution in [0.25, 0.3) is 12.2 Å². The number of benzene rings is 1. The molecule has 0 spiro atoms. The van der Waals surface area contributed by atoms with Gasteiger partial charge < -0.3 is 14.4 Å². The van der Waals surface area contributed by atoms with Gasteiger partial charge in [0.2, 0.25) is 0 Å². The van der Waals surface area contributed by atoms with Crippen molar-refractivity contribution < 1.29 is 9.84 Å². The number of aliphatic hydroxyl groups is 1. The van der Waals surface area contributed by atoms with Gasteiger partial charge in [-0.05, 0) is 31.9 Å². The van der Waals surface area contributed by atoms with Crippen molar-refractivity contribution in [3.63, 3.8) is 0 Å². The van der Waals surface area contributed by atoms with Crippen molar-refractivity contribution in [2.24, 2.45) is 0 Å². The van der Waals surface area contributed by atoms with E-state index in [9.17, 15) is 5.11 Å². The highest BCUT2D eigenvalue weighted by Crippen LogP contribution is 2.09. The molecule has 1 aliphatic rings. The molecule has 0 fully saturated rings. The van der Waals surface area contributed by atoms with Gasteiger partial charge in [-0.25, -0.2) is 4.98 Å². The first kappa shape index (κ1) is 15.0. The number of hydrogen-bond donors (Lipinski definition) is 1. The van der Waals surface area contributed by atoms with E-state index in [2.05, 4.69) is 29.3 Å².